The fraction of sp³-hybridized carbons (Fsp3) is 0.536. The lowest BCUT2D eigenvalue weighted by molar-refractivity contribution is -0.117. The summed E-state index contributed by atoms with van der Waals surface area (Å²) in [6, 6.07) is 14.8. The molecule has 1 atom stereocenters. The monoisotopic (exact) mass is 480 g/mol. The van der Waals surface area contributed by atoms with Crippen molar-refractivity contribution in [2.75, 3.05) is 15.9 Å². The van der Waals surface area contributed by atoms with Crippen molar-refractivity contribution in [1.82, 2.24) is 0 Å². The van der Waals surface area contributed by atoms with E-state index in [1.165, 1.54) is 48.4 Å². The molecule has 5 nitrogen and oxygen atoms in total. The van der Waals surface area contributed by atoms with Gasteiger partial charge in [-0.3, -0.25) is 9.10 Å². The number of sulfonamides is 1. The number of carbonyl (C=O) groups excluding carboxylic acids is 1. The minimum Gasteiger partial charge on any atom is -0.324 e. The highest BCUT2D eigenvalue weighted by Crippen LogP contribution is 2.60. The number of carbonyl (C=O) groups is 1. The van der Waals surface area contributed by atoms with Crippen LogP contribution >= 0.6 is 0 Å². The Labute approximate surface area is 204 Å². The quantitative estimate of drug-likeness (QED) is 0.557. The van der Waals surface area contributed by atoms with Crippen molar-refractivity contribution < 1.29 is 13.2 Å². The third-order valence-corrected chi connectivity index (χ3v) is 9.60. The topological polar surface area (TPSA) is 66.5 Å². The minimum atomic E-state index is -3.64. The lowest BCUT2D eigenvalue weighted by atomic mass is 9.48. The van der Waals surface area contributed by atoms with E-state index in [1.807, 2.05) is 38.1 Å². The van der Waals surface area contributed by atoms with Crippen molar-refractivity contribution in [3.05, 3.63) is 59.7 Å². The van der Waals surface area contributed by atoms with E-state index in [4.69, 9.17) is 0 Å². The van der Waals surface area contributed by atoms with E-state index >= 15 is 0 Å². The first-order valence-corrected chi connectivity index (χ1v) is 14.5. The third kappa shape index (κ3) is 4.37. The van der Waals surface area contributed by atoms with Gasteiger partial charge in [0.1, 0.15) is 6.04 Å². The van der Waals surface area contributed by atoms with E-state index in [-0.39, 0.29) is 5.91 Å². The van der Waals surface area contributed by atoms with Crippen LogP contribution < -0.4 is 9.62 Å². The van der Waals surface area contributed by atoms with Gasteiger partial charge < -0.3 is 5.32 Å². The SMILES string of the molecule is CC[C@@H](C(=O)Nc1ccc(C23CC4CC(CC(C4)C2)C3)cc1)N(c1ccc(C)cc1)S(C)(=O)=O. The van der Waals surface area contributed by atoms with Gasteiger partial charge in [-0.2, -0.15) is 0 Å². The summed E-state index contributed by atoms with van der Waals surface area (Å²) in [6.45, 7) is 3.79. The number of hydrogen-bond donors (Lipinski definition) is 1. The smallest absolute Gasteiger partial charge is 0.248 e. The molecule has 2 aromatic carbocycles. The van der Waals surface area contributed by atoms with Gasteiger partial charge in [0, 0.05) is 5.69 Å². The lowest BCUT2D eigenvalue weighted by Crippen LogP contribution is -2.48. The number of anilines is 2. The molecule has 1 N–H and O–H groups in total. The largest absolute Gasteiger partial charge is 0.324 e. The maximum Gasteiger partial charge on any atom is 0.248 e. The molecule has 0 aromatic heterocycles. The summed E-state index contributed by atoms with van der Waals surface area (Å²) in [5.41, 5.74) is 3.99. The average Bonchev–Trinajstić information content (AvgIpc) is 2.77. The van der Waals surface area contributed by atoms with Crippen LogP contribution in [0.15, 0.2) is 48.5 Å². The van der Waals surface area contributed by atoms with Crippen molar-refractivity contribution in [2.45, 2.75) is 70.3 Å². The Hall–Kier alpha value is -2.34. The van der Waals surface area contributed by atoms with E-state index in [1.54, 1.807) is 12.1 Å². The van der Waals surface area contributed by atoms with Gasteiger partial charge in [0.2, 0.25) is 15.9 Å². The van der Waals surface area contributed by atoms with E-state index in [0.717, 1.165) is 29.6 Å². The van der Waals surface area contributed by atoms with Crippen LogP contribution in [-0.4, -0.2) is 26.6 Å². The standard InChI is InChI=1S/C28H36N2O3S/c1-4-26(30(34(3,32)33)25-11-5-19(2)6-12-25)27(31)29-24-9-7-23(8-10-24)28-16-20-13-21(17-28)15-22(14-20)18-28/h5-12,20-22,26H,4,13-18H2,1-3H3,(H,29,31)/t20?,21?,22?,26-,28?/m0/s1. The van der Waals surface area contributed by atoms with E-state index < -0.39 is 16.1 Å². The minimum absolute atomic E-state index is 0.309. The summed E-state index contributed by atoms with van der Waals surface area (Å²) in [6.07, 6.45) is 9.71. The Morgan fingerprint density at radius 1 is 0.971 bits per heavy atom. The zero-order valence-electron chi connectivity index (χ0n) is 20.5. The zero-order chi connectivity index (χ0) is 24.1. The summed E-state index contributed by atoms with van der Waals surface area (Å²) >= 11 is 0. The number of benzene rings is 2. The van der Waals surface area contributed by atoms with Crippen molar-refractivity contribution in [1.29, 1.82) is 0 Å². The second-order valence-corrected chi connectivity index (χ2v) is 12.9. The Balaban J connectivity index is 1.34. The summed E-state index contributed by atoms with van der Waals surface area (Å²) < 4.78 is 26.6. The number of hydrogen-bond acceptors (Lipinski definition) is 3. The zero-order valence-corrected chi connectivity index (χ0v) is 21.3. The van der Waals surface area contributed by atoms with Gasteiger partial charge in [-0.05, 0) is 105 Å². The molecule has 4 aliphatic rings. The molecule has 6 rings (SSSR count). The van der Waals surface area contributed by atoms with Crippen molar-refractivity contribution >= 4 is 27.3 Å². The van der Waals surface area contributed by atoms with Gasteiger partial charge in [0.05, 0.1) is 11.9 Å². The molecule has 0 heterocycles. The predicted molar refractivity (Wildman–Crippen MR) is 138 cm³/mol. The van der Waals surface area contributed by atoms with Gasteiger partial charge in [-0.1, -0.05) is 36.8 Å². The fourth-order valence-electron chi connectivity index (χ4n) is 7.35. The lowest BCUT2D eigenvalue weighted by Gasteiger charge is -2.57. The summed E-state index contributed by atoms with van der Waals surface area (Å²) in [4.78, 5) is 13.3. The van der Waals surface area contributed by atoms with Crippen molar-refractivity contribution in [3.63, 3.8) is 0 Å². The number of aryl methyl sites for hydroxylation is 1. The van der Waals surface area contributed by atoms with Crippen LogP contribution in [0.3, 0.4) is 0 Å². The first-order chi connectivity index (χ1) is 16.2. The molecule has 6 heteroatoms. The highest BCUT2D eigenvalue weighted by molar-refractivity contribution is 7.92. The number of nitrogens with zero attached hydrogens (tertiary/aromatic N) is 1. The van der Waals surface area contributed by atoms with Crippen molar-refractivity contribution in [2.24, 2.45) is 17.8 Å². The molecule has 182 valence electrons. The Morgan fingerprint density at radius 2 is 1.50 bits per heavy atom. The summed E-state index contributed by atoms with van der Waals surface area (Å²) in [5, 5.41) is 2.98. The van der Waals surface area contributed by atoms with Crippen LogP contribution in [0.2, 0.25) is 0 Å². The van der Waals surface area contributed by atoms with Crippen LogP contribution in [0.25, 0.3) is 0 Å². The molecule has 0 spiro atoms. The molecule has 2 aromatic rings. The van der Waals surface area contributed by atoms with Gasteiger partial charge in [-0.25, -0.2) is 8.42 Å². The second kappa shape index (κ2) is 8.71. The number of rotatable bonds is 7. The molecule has 0 radical (unpaired) electrons. The van der Waals surface area contributed by atoms with Crippen molar-refractivity contribution in [3.8, 4) is 0 Å². The maximum atomic E-state index is 13.3. The molecule has 4 aliphatic carbocycles. The van der Waals surface area contributed by atoms with E-state index in [2.05, 4.69) is 17.4 Å². The van der Waals surface area contributed by atoms with E-state index in [9.17, 15) is 13.2 Å². The first-order valence-electron chi connectivity index (χ1n) is 12.6. The Morgan fingerprint density at radius 3 is 1.97 bits per heavy atom. The normalized spacial score (nSPS) is 28.5. The molecule has 4 bridgehead atoms. The van der Waals surface area contributed by atoms with Crippen LogP contribution in [0, 0.1) is 24.7 Å². The average molecular weight is 481 g/mol. The summed E-state index contributed by atoms with van der Waals surface area (Å²) in [5.74, 6) is 2.36. The van der Waals surface area contributed by atoms with Gasteiger partial charge in [-0.15, -0.1) is 0 Å². The Kier molecular flexibility index (Phi) is 5.99. The van der Waals surface area contributed by atoms with Gasteiger partial charge in [0.15, 0.2) is 0 Å². The molecule has 1 amide bonds. The number of nitrogens with one attached hydrogen (secondary N) is 1. The predicted octanol–water partition coefficient (Wildman–Crippen LogP) is 5.65. The molecule has 0 aliphatic heterocycles. The highest BCUT2D eigenvalue weighted by Gasteiger charge is 2.51. The Bertz CT molecular complexity index is 1120. The van der Waals surface area contributed by atoms with E-state index in [0.29, 0.717) is 23.2 Å². The molecule has 0 saturated heterocycles. The third-order valence-electron chi connectivity index (χ3n) is 8.42. The number of amides is 1. The van der Waals surface area contributed by atoms with Gasteiger partial charge >= 0.3 is 0 Å². The molecule has 4 fully saturated rings. The first kappa shape index (κ1) is 23.4. The molecule has 0 unspecified atom stereocenters. The summed E-state index contributed by atoms with van der Waals surface area (Å²) in [7, 11) is -3.64. The molecule has 34 heavy (non-hydrogen) atoms. The van der Waals surface area contributed by atoms with Gasteiger partial charge in [0.25, 0.3) is 0 Å². The van der Waals surface area contributed by atoms with Crippen LogP contribution in [0.5, 0.6) is 0 Å². The van der Waals surface area contributed by atoms with Crippen LogP contribution in [0.1, 0.15) is 63.0 Å². The maximum absolute atomic E-state index is 13.3. The van der Waals surface area contributed by atoms with Crippen LogP contribution in [0.4, 0.5) is 11.4 Å². The second-order valence-electron chi connectivity index (χ2n) is 11.1. The highest BCUT2D eigenvalue weighted by atomic mass is 32.2. The fourth-order valence-corrected chi connectivity index (χ4v) is 8.56. The van der Waals surface area contributed by atoms with Crippen LogP contribution in [-0.2, 0) is 20.2 Å². The molecule has 4 saturated carbocycles. The molecular formula is C28H36N2O3S. The molecular weight excluding hydrogens is 444 g/mol.